The molecule has 1 aromatic heterocycles. The number of anilines is 2. The van der Waals surface area contributed by atoms with Crippen molar-refractivity contribution in [3.8, 4) is 0 Å². The molecule has 1 N–H and O–H groups in total. The Morgan fingerprint density at radius 3 is 2.60 bits per heavy atom. The summed E-state index contributed by atoms with van der Waals surface area (Å²) in [5.41, 5.74) is -0.0860. The molecule has 0 bridgehead atoms. The smallest absolute Gasteiger partial charge is 0.276 e. The van der Waals surface area contributed by atoms with Crippen molar-refractivity contribution in [1.29, 1.82) is 0 Å². The average Bonchev–Trinajstić information content (AvgIpc) is 2.35. The molecule has 1 rings (SSSR count). The molecule has 0 aliphatic rings. The van der Waals surface area contributed by atoms with E-state index >= 15 is 0 Å². The Balaban J connectivity index is 3.00. The molecule has 0 aliphatic carbocycles. The fourth-order valence-corrected chi connectivity index (χ4v) is 2.10. The van der Waals surface area contributed by atoms with Crippen molar-refractivity contribution in [2.75, 3.05) is 42.4 Å². The van der Waals surface area contributed by atoms with Gasteiger partial charge in [-0.25, -0.2) is 13.4 Å². The fourth-order valence-electron chi connectivity index (χ4n) is 1.49. The van der Waals surface area contributed by atoms with E-state index in [-0.39, 0.29) is 18.0 Å². The molecule has 0 amide bonds. The normalized spacial score (nSPS) is 11.2. The van der Waals surface area contributed by atoms with E-state index in [0.29, 0.717) is 18.2 Å². The monoisotopic (exact) mass is 302 g/mol. The second kappa shape index (κ2) is 6.51. The molecular formula is C11H18N4O4S. The van der Waals surface area contributed by atoms with Gasteiger partial charge >= 0.3 is 0 Å². The molecule has 0 spiro atoms. The number of hydrogen-bond donors (Lipinski definition) is 1. The molecule has 0 saturated heterocycles. The van der Waals surface area contributed by atoms with Gasteiger partial charge in [0.25, 0.3) is 5.69 Å². The minimum Gasteiger partial charge on any atom is -0.370 e. The SMILES string of the molecule is CCNc1cc([N+](=O)[O-])cc(N(C)CCS(C)(=O)=O)n1. The highest BCUT2D eigenvalue weighted by molar-refractivity contribution is 7.90. The van der Waals surface area contributed by atoms with Crippen molar-refractivity contribution in [3.63, 3.8) is 0 Å². The highest BCUT2D eigenvalue weighted by Crippen LogP contribution is 2.22. The minimum absolute atomic E-state index is 0.0373. The summed E-state index contributed by atoms with van der Waals surface area (Å²) in [6.45, 7) is 2.66. The Kier molecular flexibility index (Phi) is 5.26. The van der Waals surface area contributed by atoms with Crippen LogP contribution in [0.2, 0.25) is 0 Å². The molecule has 0 radical (unpaired) electrons. The number of pyridine rings is 1. The van der Waals surface area contributed by atoms with Crippen LogP contribution in [0.3, 0.4) is 0 Å². The third kappa shape index (κ3) is 5.00. The van der Waals surface area contributed by atoms with E-state index in [1.165, 1.54) is 12.1 Å². The van der Waals surface area contributed by atoms with Crippen molar-refractivity contribution in [2.45, 2.75) is 6.92 Å². The quantitative estimate of drug-likeness (QED) is 0.589. The third-order valence-corrected chi connectivity index (χ3v) is 3.48. The summed E-state index contributed by atoms with van der Waals surface area (Å²) in [7, 11) is -1.45. The van der Waals surface area contributed by atoms with E-state index in [1.54, 1.807) is 11.9 Å². The lowest BCUT2D eigenvalue weighted by Gasteiger charge is -2.18. The Bertz CT molecular complexity index is 588. The zero-order valence-electron chi connectivity index (χ0n) is 11.7. The maximum absolute atomic E-state index is 11.1. The first kappa shape index (κ1) is 16.2. The molecule has 1 heterocycles. The lowest BCUT2D eigenvalue weighted by Crippen LogP contribution is -2.26. The van der Waals surface area contributed by atoms with Gasteiger partial charge in [0.15, 0.2) is 0 Å². The summed E-state index contributed by atoms with van der Waals surface area (Å²) in [5.74, 6) is 0.714. The largest absolute Gasteiger partial charge is 0.370 e. The first-order chi connectivity index (χ1) is 9.23. The number of nitro groups is 1. The average molecular weight is 302 g/mol. The molecule has 20 heavy (non-hydrogen) atoms. The van der Waals surface area contributed by atoms with Crippen molar-refractivity contribution in [2.24, 2.45) is 0 Å². The molecular weight excluding hydrogens is 284 g/mol. The summed E-state index contributed by atoms with van der Waals surface area (Å²) in [6, 6.07) is 2.67. The van der Waals surface area contributed by atoms with Gasteiger partial charge in [0, 0.05) is 26.4 Å². The maximum atomic E-state index is 11.1. The van der Waals surface area contributed by atoms with Crippen LogP contribution in [-0.4, -0.2) is 50.5 Å². The number of rotatable bonds is 7. The van der Waals surface area contributed by atoms with Crippen LogP contribution in [0.4, 0.5) is 17.3 Å². The van der Waals surface area contributed by atoms with Gasteiger partial charge in [0.2, 0.25) is 0 Å². The van der Waals surface area contributed by atoms with E-state index in [1.807, 2.05) is 6.92 Å². The van der Waals surface area contributed by atoms with Crippen LogP contribution in [0.25, 0.3) is 0 Å². The lowest BCUT2D eigenvalue weighted by molar-refractivity contribution is -0.384. The van der Waals surface area contributed by atoms with Gasteiger partial charge in [0.1, 0.15) is 21.5 Å². The molecule has 0 aliphatic heterocycles. The minimum atomic E-state index is -3.09. The summed E-state index contributed by atoms with van der Waals surface area (Å²) < 4.78 is 22.3. The molecule has 8 nitrogen and oxygen atoms in total. The topological polar surface area (TPSA) is 105 Å². The zero-order valence-corrected chi connectivity index (χ0v) is 12.5. The van der Waals surface area contributed by atoms with Crippen LogP contribution in [-0.2, 0) is 9.84 Å². The van der Waals surface area contributed by atoms with E-state index in [2.05, 4.69) is 10.3 Å². The second-order valence-corrected chi connectivity index (χ2v) is 6.67. The van der Waals surface area contributed by atoms with Gasteiger partial charge in [-0.2, -0.15) is 0 Å². The third-order valence-electron chi connectivity index (χ3n) is 2.55. The first-order valence-electron chi connectivity index (χ1n) is 6.02. The second-order valence-electron chi connectivity index (χ2n) is 4.41. The van der Waals surface area contributed by atoms with Crippen LogP contribution in [0.15, 0.2) is 12.1 Å². The van der Waals surface area contributed by atoms with Gasteiger partial charge in [-0.1, -0.05) is 0 Å². The highest BCUT2D eigenvalue weighted by atomic mass is 32.2. The number of hydrogen-bond acceptors (Lipinski definition) is 7. The van der Waals surface area contributed by atoms with Crippen LogP contribution >= 0.6 is 0 Å². The number of sulfone groups is 1. The molecule has 0 unspecified atom stereocenters. The molecule has 1 aromatic rings. The van der Waals surface area contributed by atoms with E-state index in [0.717, 1.165) is 6.26 Å². The highest BCUT2D eigenvalue weighted by Gasteiger charge is 2.14. The van der Waals surface area contributed by atoms with Crippen molar-refractivity contribution < 1.29 is 13.3 Å². The predicted octanol–water partition coefficient (Wildman–Crippen LogP) is 0.902. The van der Waals surface area contributed by atoms with Crippen molar-refractivity contribution in [3.05, 3.63) is 22.2 Å². The van der Waals surface area contributed by atoms with Gasteiger partial charge < -0.3 is 10.2 Å². The van der Waals surface area contributed by atoms with E-state index < -0.39 is 14.8 Å². The number of aromatic nitrogens is 1. The van der Waals surface area contributed by atoms with Crippen LogP contribution in [0.1, 0.15) is 6.92 Å². The fraction of sp³-hybridized carbons (Fsp3) is 0.545. The zero-order chi connectivity index (χ0) is 15.3. The Hall–Kier alpha value is -1.90. The summed E-state index contributed by atoms with van der Waals surface area (Å²) in [6.07, 6.45) is 1.14. The summed E-state index contributed by atoms with van der Waals surface area (Å²) in [5, 5.41) is 13.8. The van der Waals surface area contributed by atoms with Gasteiger partial charge in [-0.15, -0.1) is 0 Å². The number of nitrogens with one attached hydrogen (secondary N) is 1. The van der Waals surface area contributed by atoms with Crippen LogP contribution in [0.5, 0.6) is 0 Å². The Morgan fingerprint density at radius 2 is 2.10 bits per heavy atom. The molecule has 0 fully saturated rings. The Labute approximate surface area is 117 Å². The molecule has 112 valence electrons. The maximum Gasteiger partial charge on any atom is 0.276 e. The van der Waals surface area contributed by atoms with E-state index in [9.17, 15) is 18.5 Å². The van der Waals surface area contributed by atoms with Crippen LogP contribution in [0, 0.1) is 10.1 Å². The Morgan fingerprint density at radius 1 is 1.45 bits per heavy atom. The van der Waals surface area contributed by atoms with Gasteiger partial charge in [-0.05, 0) is 6.92 Å². The van der Waals surface area contributed by atoms with Crippen LogP contribution < -0.4 is 10.2 Å². The summed E-state index contributed by atoms with van der Waals surface area (Å²) in [4.78, 5) is 16.2. The molecule has 0 atom stereocenters. The molecule has 0 aromatic carbocycles. The lowest BCUT2D eigenvalue weighted by atomic mass is 10.3. The van der Waals surface area contributed by atoms with E-state index in [4.69, 9.17) is 0 Å². The number of nitrogens with zero attached hydrogens (tertiary/aromatic N) is 3. The molecule has 0 saturated carbocycles. The van der Waals surface area contributed by atoms with Crippen molar-refractivity contribution >= 4 is 27.2 Å². The first-order valence-corrected chi connectivity index (χ1v) is 8.08. The predicted molar refractivity (Wildman–Crippen MR) is 78.0 cm³/mol. The summed E-state index contributed by atoms with van der Waals surface area (Å²) >= 11 is 0. The van der Waals surface area contributed by atoms with Gasteiger partial charge in [-0.3, -0.25) is 10.1 Å². The van der Waals surface area contributed by atoms with Gasteiger partial charge in [0.05, 0.1) is 22.8 Å². The molecule has 9 heteroatoms. The standard InChI is InChI=1S/C11H18N4O4S/c1-4-12-10-7-9(15(16)17)8-11(13-10)14(2)5-6-20(3,18)19/h7-8H,4-6H2,1-3H3,(H,12,13). The van der Waals surface area contributed by atoms with Crippen molar-refractivity contribution in [1.82, 2.24) is 4.98 Å².